The van der Waals surface area contributed by atoms with Gasteiger partial charge in [-0.1, -0.05) is 30.3 Å². The largest absolute Gasteiger partial charge is 0.391 e. The molecular formula is C17H25N3O3. The molecule has 2 N–H and O–H groups in total. The van der Waals surface area contributed by atoms with Gasteiger partial charge in [0.2, 0.25) is 5.91 Å². The molecule has 0 unspecified atom stereocenters. The summed E-state index contributed by atoms with van der Waals surface area (Å²) in [6.45, 7) is 0.973. The van der Waals surface area contributed by atoms with Gasteiger partial charge >= 0.3 is 6.03 Å². The van der Waals surface area contributed by atoms with Crippen LogP contribution < -0.4 is 5.32 Å². The van der Waals surface area contributed by atoms with Gasteiger partial charge in [-0.3, -0.25) is 4.79 Å². The van der Waals surface area contributed by atoms with E-state index in [9.17, 15) is 14.7 Å². The fourth-order valence-corrected chi connectivity index (χ4v) is 2.67. The van der Waals surface area contributed by atoms with Gasteiger partial charge in [-0.05, 0) is 18.4 Å². The Balaban J connectivity index is 2.07. The van der Waals surface area contributed by atoms with E-state index in [1.165, 1.54) is 4.90 Å². The standard InChI is InChI=1S/C17H25N3O3/c1-19(2)16(22)11-15(13-7-4-3-5-8-13)18-17(23)20-10-6-9-14(21)12-20/h3-5,7-8,14-15,21H,6,9-12H2,1-2H3,(H,18,23)/t14-,15+/m0/s1. The third-order valence-electron chi connectivity index (χ3n) is 4.06. The summed E-state index contributed by atoms with van der Waals surface area (Å²) < 4.78 is 0. The van der Waals surface area contributed by atoms with E-state index >= 15 is 0 Å². The van der Waals surface area contributed by atoms with Crippen molar-refractivity contribution < 1.29 is 14.7 Å². The minimum absolute atomic E-state index is 0.0437. The van der Waals surface area contributed by atoms with E-state index < -0.39 is 6.10 Å². The van der Waals surface area contributed by atoms with Gasteiger partial charge in [0.25, 0.3) is 0 Å². The normalized spacial score (nSPS) is 19.1. The van der Waals surface area contributed by atoms with Gasteiger partial charge in [-0.15, -0.1) is 0 Å². The number of aliphatic hydroxyl groups excluding tert-OH is 1. The van der Waals surface area contributed by atoms with Crippen LogP contribution in [0.4, 0.5) is 4.79 Å². The van der Waals surface area contributed by atoms with Crippen molar-refractivity contribution >= 4 is 11.9 Å². The Labute approximate surface area is 137 Å². The number of carbonyl (C=O) groups is 2. The zero-order valence-corrected chi connectivity index (χ0v) is 13.7. The average Bonchev–Trinajstić information content (AvgIpc) is 2.54. The molecule has 1 aliphatic heterocycles. The third-order valence-corrected chi connectivity index (χ3v) is 4.06. The van der Waals surface area contributed by atoms with E-state index in [0.29, 0.717) is 13.1 Å². The van der Waals surface area contributed by atoms with Gasteiger partial charge in [-0.2, -0.15) is 0 Å². The molecule has 1 saturated heterocycles. The van der Waals surface area contributed by atoms with Crippen LogP contribution in [-0.4, -0.2) is 60.1 Å². The van der Waals surface area contributed by atoms with Crippen LogP contribution in [0.5, 0.6) is 0 Å². The highest BCUT2D eigenvalue weighted by Crippen LogP contribution is 2.19. The summed E-state index contributed by atoms with van der Waals surface area (Å²) in [4.78, 5) is 27.7. The molecule has 2 atom stereocenters. The highest BCUT2D eigenvalue weighted by atomic mass is 16.3. The molecule has 1 heterocycles. The smallest absolute Gasteiger partial charge is 0.317 e. The monoisotopic (exact) mass is 319 g/mol. The second-order valence-corrected chi connectivity index (χ2v) is 6.15. The number of hydrogen-bond acceptors (Lipinski definition) is 3. The number of nitrogens with zero attached hydrogens (tertiary/aromatic N) is 2. The lowest BCUT2D eigenvalue weighted by Crippen LogP contribution is -2.48. The summed E-state index contributed by atoms with van der Waals surface area (Å²) in [7, 11) is 3.40. The first-order valence-corrected chi connectivity index (χ1v) is 7.96. The van der Waals surface area contributed by atoms with E-state index in [0.717, 1.165) is 18.4 Å². The molecule has 1 aromatic rings. The zero-order chi connectivity index (χ0) is 16.8. The molecule has 6 heteroatoms. The summed E-state index contributed by atoms with van der Waals surface area (Å²) in [5, 5.41) is 12.7. The van der Waals surface area contributed by atoms with E-state index in [2.05, 4.69) is 5.32 Å². The molecule has 1 fully saturated rings. The van der Waals surface area contributed by atoms with Crippen molar-refractivity contribution in [2.75, 3.05) is 27.2 Å². The number of hydrogen-bond donors (Lipinski definition) is 2. The van der Waals surface area contributed by atoms with Crippen LogP contribution >= 0.6 is 0 Å². The van der Waals surface area contributed by atoms with Gasteiger partial charge in [0.1, 0.15) is 0 Å². The molecule has 6 nitrogen and oxygen atoms in total. The molecule has 1 aromatic carbocycles. The maximum absolute atomic E-state index is 12.5. The third kappa shape index (κ3) is 4.96. The first-order chi connectivity index (χ1) is 11.0. The number of likely N-dealkylation sites (tertiary alicyclic amines) is 1. The average molecular weight is 319 g/mol. The maximum Gasteiger partial charge on any atom is 0.317 e. The molecule has 0 bridgehead atoms. The lowest BCUT2D eigenvalue weighted by Gasteiger charge is -2.32. The first kappa shape index (κ1) is 17.3. The highest BCUT2D eigenvalue weighted by Gasteiger charge is 2.25. The van der Waals surface area contributed by atoms with Crippen molar-refractivity contribution in [3.05, 3.63) is 35.9 Å². The predicted molar refractivity (Wildman–Crippen MR) is 87.8 cm³/mol. The lowest BCUT2D eigenvalue weighted by molar-refractivity contribution is -0.129. The number of carbonyl (C=O) groups excluding carboxylic acids is 2. The molecule has 0 aromatic heterocycles. The van der Waals surface area contributed by atoms with Crippen LogP contribution in [0, 0.1) is 0 Å². The number of nitrogens with one attached hydrogen (secondary N) is 1. The SMILES string of the molecule is CN(C)C(=O)C[C@@H](NC(=O)N1CCC[C@H](O)C1)c1ccccc1. The molecular weight excluding hydrogens is 294 g/mol. The lowest BCUT2D eigenvalue weighted by atomic mass is 10.0. The van der Waals surface area contributed by atoms with Crippen molar-refractivity contribution in [2.24, 2.45) is 0 Å². The summed E-state index contributed by atoms with van der Waals surface area (Å²) in [6, 6.07) is 8.87. The van der Waals surface area contributed by atoms with Gasteiger partial charge in [0, 0.05) is 27.2 Å². The Bertz CT molecular complexity index is 533. The Kier molecular flexibility index (Phi) is 5.98. The molecule has 23 heavy (non-hydrogen) atoms. The number of aliphatic hydroxyl groups is 1. The van der Waals surface area contributed by atoms with Crippen molar-refractivity contribution in [2.45, 2.75) is 31.4 Å². The van der Waals surface area contributed by atoms with E-state index in [4.69, 9.17) is 0 Å². The minimum atomic E-state index is -0.465. The van der Waals surface area contributed by atoms with Gasteiger partial charge in [0.05, 0.1) is 18.6 Å². The van der Waals surface area contributed by atoms with E-state index in [-0.39, 0.29) is 24.4 Å². The number of amides is 3. The number of benzene rings is 1. The molecule has 126 valence electrons. The van der Waals surface area contributed by atoms with Crippen LogP contribution in [0.3, 0.4) is 0 Å². The number of urea groups is 1. The van der Waals surface area contributed by atoms with Crippen LogP contribution in [0.25, 0.3) is 0 Å². The first-order valence-electron chi connectivity index (χ1n) is 7.96. The number of piperidine rings is 1. The quantitative estimate of drug-likeness (QED) is 0.880. The van der Waals surface area contributed by atoms with Crippen LogP contribution in [0.15, 0.2) is 30.3 Å². The van der Waals surface area contributed by atoms with E-state index in [1.54, 1.807) is 19.0 Å². The summed E-state index contributed by atoms with van der Waals surface area (Å²) in [5.41, 5.74) is 0.897. The summed E-state index contributed by atoms with van der Waals surface area (Å²) in [5.74, 6) is -0.0437. The molecule has 0 spiro atoms. The Hall–Kier alpha value is -2.08. The molecule has 0 saturated carbocycles. The number of rotatable bonds is 4. The minimum Gasteiger partial charge on any atom is -0.391 e. The Morgan fingerprint density at radius 2 is 2.04 bits per heavy atom. The summed E-state index contributed by atoms with van der Waals surface area (Å²) >= 11 is 0. The fraction of sp³-hybridized carbons (Fsp3) is 0.529. The van der Waals surface area contributed by atoms with Crippen molar-refractivity contribution in [1.29, 1.82) is 0 Å². The van der Waals surface area contributed by atoms with Crippen molar-refractivity contribution in [3.8, 4) is 0 Å². The topological polar surface area (TPSA) is 72.9 Å². The Morgan fingerprint density at radius 1 is 1.35 bits per heavy atom. The zero-order valence-electron chi connectivity index (χ0n) is 13.7. The molecule has 1 aliphatic rings. The molecule has 0 aliphatic carbocycles. The number of β-amino-alcohol motifs (C(OH)–C–C–N with tert-alkyl or cyclic N) is 1. The van der Waals surface area contributed by atoms with Gasteiger partial charge in [0.15, 0.2) is 0 Å². The Morgan fingerprint density at radius 3 is 2.65 bits per heavy atom. The fourth-order valence-electron chi connectivity index (χ4n) is 2.67. The van der Waals surface area contributed by atoms with Crippen LogP contribution in [-0.2, 0) is 4.79 Å². The second-order valence-electron chi connectivity index (χ2n) is 6.15. The second kappa shape index (κ2) is 7.97. The van der Waals surface area contributed by atoms with E-state index in [1.807, 2.05) is 30.3 Å². The van der Waals surface area contributed by atoms with Crippen LogP contribution in [0.1, 0.15) is 30.9 Å². The maximum atomic E-state index is 12.5. The molecule has 2 rings (SSSR count). The predicted octanol–water partition coefficient (Wildman–Crippen LogP) is 1.37. The summed E-state index contributed by atoms with van der Waals surface area (Å²) in [6.07, 6.45) is 1.26. The van der Waals surface area contributed by atoms with Crippen molar-refractivity contribution in [3.63, 3.8) is 0 Å². The van der Waals surface area contributed by atoms with Crippen LogP contribution in [0.2, 0.25) is 0 Å². The molecule has 3 amide bonds. The van der Waals surface area contributed by atoms with Crippen molar-refractivity contribution in [1.82, 2.24) is 15.1 Å². The molecule has 0 radical (unpaired) electrons. The highest BCUT2D eigenvalue weighted by molar-refractivity contribution is 5.79. The van der Waals surface area contributed by atoms with Gasteiger partial charge in [-0.25, -0.2) is 4.79 Å². The van der Waals surface area contributed by atoms with Gasteiger partial charge < -0.3 is 20.2 Å².